The van der Waals surface area contributed by atoms with E-state index in [1.165, 1.54) is 0 Å². The van der Waals surface area contributed by atoms with Crippen LogP contribution in [0.25, 0.3) is 0 Å². The average molecular weight is 142 g/mol. The summed E-state index contributed by atoms with van der Waals surface area (Å²) in [6.45, 7) is 1.91. The summed E-state index contributed by atoms with van der Waals surface area (Å²) in [6.07, 6.45) is 0. The molecule has 0 aromatic carbocycles. The van der Waals surface area contributed by atoms with Crippen LogP contribution in [0, 0.1) is 0 Å². The Morgan fingerprint density at radius 1 is 1.70 bits per heavy atom. The third-order valence-corrected chi connectivity index (χ3v) is 1.26. The molecule has 0 bridgehead atoms. The Balaban J connectivity index is 2.74. The van der Waals surface area contributed by atoms with E-state index in [0.717, 1.165) is 0 Å². The zero-order valence-corrected chi connectivity index (χ0v) is 5.96. The maximum absolute atomic E-state index is 5.23. The minimum atomic E-state index is 0.0600. The summed E-state index contributed by atoms with van der Waals surface area (Å²) in [5.74, 6) is 0.692. The van der Waals surface area contributed by atoms with Gasteiger partial charge in [0.2, 0.25) is 5.89 Å². The van der Waals surface area contributed by atoms with E-state index in [4.69, 9.17) is 10.3 Å². The molecule has 0 fully saturated rings. The molecule has 0 saturated carbocycles. The van der Waals surface area contributed by atoms with Gasteiger partial charge in [0.1, 0.15) is 0 Å². The van der Waals surface area contributed by atoms with Gasteiger partial charge in [-0.25, -0.2) is 0 Å². The highest BCUT2D eigenvalue weighted by Crippen LogP contribution is 2.08. The van der Waals surface area contributed by atoms with Crippen LogP contribution in [0.5, 0.6) is 0 Å². The quantitative estimate of drug-likeness (QED) is 0.604. The molecular formula is C5H10N4O. The van der Waals surface area contributed by atoms with Crippen molar-refractivity contribution in [3.63, 3.8) is 0 Å². The Morgan fingerprint density at radius 2 is 2.40 bits per heavy atom. The lowest BCUT2D eigenvalue weighted by Gasteiger charge is -2.00. The monoisotopic (exact) mass is 142 g/mol. The van der Waals surface area contributed by atoms with Gasteiger partial charge < -0.3 is 15.6 Å². The van der Waals surface area contributed by atoms with Crippen LogP contribution in [0.3, 0.4) is 0 Å². The molecule has 56 valence electrons. The molecule has 1 heterocycles. The Kier molecular flexibility index (Phi) is 1.86. The number of rotatable bonds is 2. The highest BCUT2D eigenvalue weighted by Gasteiger charge is 2.09. The zero-order chi connectivity index (χ0) is 7.56. The molecular weight excluding hydrogens is 132 g/mol. The van der Waals surface area contributed by atoms with Crippen molar-refractivity contribution in [3.05, 3.63) is 5.89 Å². The third kappa shape index (κ3) is 1.24. The molecule has 0 radical (unpaired) electrons. The van der Waals surface area contributed by atoms with Crippen LogP contribution in [0.4, 0.5) is 5.95 Å². The van der Waals surface area contributed by atoms with Crippen LogP contribution >= 0.6 is 0 Å². The smallest absolute Gasteiger partial charge is 0.260 e. The number of anilines is 1. The van der Waals surface area contributed by atoms with Gasteiger partial charge in [-0.05, 0) is 19.1 Å². The second-order valence-electron chi connectivity index (χ2n) is 2.00. The highest BCUT2D eigenvalue weighted by molar-refractivity contribution is 5.11. The van der Waals surface area contributed by atoms with Crippen molar-refractivity contribution in [2.45, 2.75) is 13.0 Å². The van der Waals surface area contributed by atoms with Gasteiger partial charge in [-0.2, -0.15) is 4.98 Å². The lowest BCUT2D eigenvalue weighted by molar-refractivity contribution is 0.347. The van der Waals surface area contributed by atoms with Gasteiger partial charge in [0, 0.05) is 0 Å². The first kappa shape index (κ1) is 7.01. The van der Waals surface area contributed by atoms with E-state index in [1.54, 1.807) is 0 Å². The molecule has 3 N–H and O–H groups in total. The second kappa shape index (κ2) is 2.66. The standard InChI is InChI=1S/C5H10N4O/c1-3(7-2)4-8-5(6)9-10-4/h3,7H,1-2H3,(H2,6,9). The summed E-state index contributed by atoms with van der Waals surface area (Å²) >= 11 is 0. The van der Waals surface area contributed by atoms with Gasteiger partial charge in [0.25, 0.3) is 5.95 Å². The maximum atomic E-state index is 5.23. The fourth-order valence-corrected chi connectivity index (χ4v) is 0.547. The van der Waals surface area contributed by atoms with E-state index in [9.17, 15) is 0 Å². The highest BCUT2D eigenvalue weighted by atomic mass is 16.5. The largest absolute Gasteiger partial charge is 0.365 e. The van der Waals surface area contributed by atoms with Crippen molar-refractivity contribution in [1.29, 1.82) is 0 Å². The van der Waals surface area contributed by atoms with Crippen molar-refractivity contribution >= 4 is 5.95 Å². The topological polar surface area (TPSA) is 77.0 Å². The molecule has 10 heavy (non-hydrogen) atoms. The zero-order valence-electron chi connectivity index (χ0n) is 5.96. The van der Waals surface area contributed by atoms with Crippen LogP contribution in [0.1, 0.15) is 18.9 Å². The summed E-state index contributed by atoms with van der Waals surface area (Å²) in [7, 11) is 1.81. The van der Waals surface area contributed by atoms with Gasteiger partial charge in [0.15, 0.2) is 0 Å². The van der Waals surface area contributed by atoms with Gasteiger partial charge in [-0.15, -0.1) is 0 Å². The van der Waals surface area contributed by atoms with Crippen LogP contribution < -0.4 is 11.1 Å². The van der Waals surface area contributed by atoms with Crippen LogP contribution in [-0.4, -0.2) is 17.2 Å². The predicted octanol–water partition coefficient (Wildman–Crippen LogP) is -0.0678. The van der Waals surface area contributed by atoms with E-state index < -0.39 is 0 Å². The first-order valence-corrected chi connectivity index (χ1v) is 3.00. The Bertz CT molecular complexity index is 209. The summed E-state index contributed by atoms with van der Waals surface area (Å²) < 4.78 is 4.77. The number of nitrogens with one attached hydrogen (secondary N) is 1. The first-order chi connectivity index (χ1) is 4.74. The number of hydrogen-bond acceptors (Lipinski definition) is 5. The first-order valence-electron chi connectivity index (χ1n) is 3.00. The van der Waals surface area contributed by atoms with Crippen molar-refractivity contribution in [3.8, 4) is 0 Å². The number of nitrogens with two attached hydrogens (primary N) is 1. The summed E-state index contributed by atoms with van der Waals surface area (Å²) in [6, 6.07) is 0.0600. The minimum absolute atomic E-state index is 0.0600. The van der Waals surface area contributed by atoms with Crippen LogP contribution in [0.15, 0.2) is 4.52 Å². The normalized spacial score (nSPS) is 13.4. The summed E-state index contributed by atoms with van der Waals surface area (Å²) in [4.78, 5) is 3.82. The predicted molar refractivity (Wildman–Crippen MR) is 36.2 cm³/mol. The second-order valence-corrected chi connectivity index (χ2v) is 2.00. The molecule has 0 aliphatic carbocycles. The average Bonchev–Trinajstić information content (AvgIpc) is 2.34. The number of nitrogen functional groups attached to an aromatic ring is 1. The molecule has 0 amide bonds. The molecule has 1 aromatic heterocycles. The molecule has 0 saturated heterocycles. The van der Waals surface area contributed by atoms with Crippen molar-refractivity contribution < 1.29 is 4.52 Å². The summed E-state index contributed by atoms with van der Waals surface area (Å²) in [5, 5.41) is 6.38. The minimum Gasteiger partial charge on any atom is -0.365 e. The van der Waals surface area contributed by atoms with Crippen molar-refractivity contribution in [2.75, 3.05) is 12.8 Å². The SMILES string of the molecule is CNC(C)c1nc(N)no1. The van der Waals surface area contributed by atoms with Crippen molar-refractivity contribution in [1.82, 2.24) is 15.5 Å². The number of hydrogen-bond donors (Lipinski definition) is 2. The van der Waals surface area contributed by atoms with E-state index in [1.807, 2.05) is 14.0 Å². The molecule has 0 aliphatic rings. The van der Waals surface area contributed by atoms with Crippen LogP contribution in [-0.2, 0) is 0 Å². The maximum Gasteiger partial charge on any atom is 0.260 e. The van der Waals surface area contributed by atoms with Gasteiger partial charge in [-0.3, -0.25) is 0 Å². The Morgan fingerprint density at radius 3 is 2.80 bits per heavy atom. The lowest BCUT2D eigenvalue weighted by atomic mass is 10.3. The summed E-state index contributed by atoms with van der Waals surface area (Å²) in [5.41, 5.74) is 5.23. The van der Waals surface area contributed by atoms with Gasteiger partial charge in [0.05, 0.1) is 6.04 Å². The number of nitrogens with zero attached hydrogens (tertiary/aromatic N) is 2. The molecule has 5 nitrogen and oxygen atoms in total. The Labute approximate surface area is 58.6 Å². The molecule has 1 unspecified atom stereocenters. The molecule has 5 heteroatoms. The fraction of sp³-hybridized carbons (Fsp3) is 0.600. The number of aromatic nitrogens is 2. The van der Waals surface area contributed by atoms with E-state index in [0.29, 0.717) is 5.89 Å². The van der Waals surface area contributed by atoms with Gasteiger partial charge >= 0.3 is 0 Å². The molecule has 0 aliphatic heterocycles. The lowest BCUT2D eigenvalue weighted by Crippen LogP contribution is -2.12. The molecule has 0 spiro atoms. The Hall–Kier alpha value is -1.10. The molecule has 1 atom stereocenters. The third-order valence-electron chi connectivity index (χ3n) is 1.26. The van der Waals surface area contributed by atoms with E-state index >= 15 is 0 Å². The van der Waals surface area contributed by atoms with Crippen molar-refractivity contribution in [2.24, 2.45) is 0 Å². The van der Waals surface area contributed by atoms with Gasteiger partial charge in [-0.1, -0.05) is 0 Å². The molecule has 1 rings (SSSR count). The van der Waals surface area contributed by atoms with E-state index in [-0.39, 0.29) is 12.0 Å². The van der Waals surface area contributed by atoms with Crippen LogP contribution in [0.2, 0.25) is 0 Å². The molecule has 1 aromatic rings. The van der Waals surface area contributed by atoms with E-state index in [2.05, 4.69) is 15.5 Å². The fourth-order valence-electron chi connectivity index (χ4n) is 0.547.